The van der Waals surface area contributed by atoms with Crippen molar-refractivity contribution in [2.45, 2.75) is 19.3 Å². The maximum atomic E-state index is 11.1. The number of aliphatic carboxylic acids is 1. The summed E-state index contributed by atoms with van der Waals surface area (Å²) in [6.45, 7) is 0.510. The lowest BCUT2D eigenvalue weighted by Gasteiger charge is -1.98. The number of carbonyl (C=O) groups excluding carboxylic acids is 1. The van der Waals surface area contributed by atoms with Crippen LogP contribution in [0.15, 0.2) is 0 Å². The molecule has 90 valence electrons. The predicted molar refractivity (Wildman–Crippen MR) is 68.1 cm³/mol. The standard InChI is InChI=1S/C8H15NO3S2.ClH/c9-4-6-14-8(12)13-5-2-1-3-7(10)11;/h1-6,9H2,(H,10,11);1H. The van der Waals surface area contributed by atoms with E-state index < -0.39 is 5.97 Å². The topological polar surface area (TPSA) is 80.4 Å². The van der Waals surface area contributed by atoms with Crippen LogP contribution in [0, 0.1) is 0 Å². The molecule has 0 radical (unpaired) electrons. The van der Waals surface area contributed by atoms with Crippen molar-refractivity contribution in [2.75, 3.05) is 18.1 Å². The molecule has 0 saturated carbocycles. The summed E-state index contributed by atoms with van der Waals surface area (Å²) in [5.41, 5.74) is 5.24. The van der Waals surface area contributed by atoms with Crippen LogP contribution in [0.2, 0.25) is 0 Å². The highest BCUT2D eigenvalue weighted by molar-refractivity contribution is 8.38. The zero-order chi connectivity index (χ0) is 10.8. The van der Waals surface area contributed by atoms with Crippen molar-refractivity contribution in [3.8, 4) is 0 Å². The molecule has 7 heteroatoms. The molecular formula is C8H16ClNO3S2. The molecule has 0 spiro atoms. The van der Waals surface area contributed by atoms with Gasteiger partial charge >= 0.3 is 5.97 Å². The Labute approximate surface area is 104 Å². The van der Waals surface area contributed by atoms with Gasteiger partial charge in [-0.2, -0.15) is 0 Å². The molecule has 0 unspecified atom stereocenters. The van der Waals surface area contributed by atoms with Crippen molar-refractivity contribution in [3.05, 3.63) is 0 Å². The van der Waals surface area contributed by atoms with Crippen molar-refractivity contribution >= 4 is 46.3 Å². The van der Waals surface area contributed by atoms with Gasteiger partial charge in [0.2, 0.25) is 4.45 Å². The number of carbonyl (C=O) groups is 2. The van der Waals surface area contributed by atoms with Crippen LogP contribution in [-0.4, -0.2) is 33.6 Å². The highest BCUT2D eigenvalue weighted by Crippen LogP contribution is 2.17. The molecule has 0 aliphatic heterocycles. The van der Waals surface area contributed by atoms with Crippen LogP contribution in [0.1, 0.15) is 19.3 Å². The molecule has 0 amide bonds. The van der Waals surface area contributed by atoms with Crippen LogP contribution in [-0.2, 0) is 4.79 Å². The SMILES string of the molecule is Cl.NCCSC(=O)SCCCCC(=O)O. The van der Waals surface area contributed by atoms with E-state index in [9.17, 15) is 9.59 Å². The lowest BCUT2D eigenvalue weighted by Crippen LogP contribution is -2.02. The fourth-order valence-corrected chi connectivity index (χ4v) is 2.35. The van der Waals surface area contributed by atoms with E-state index in [1.54, 1.807) is 0 Å². The van der Waals surface area contributed by atoms with E-state index in [-0.39, 0.29) is 23.3 Å². The number of hydrogen-bond donors (Lipinski definition) is 2. The number of hydrogen-bond acceptors (Lipinski definition) is 5. The average Bonchev–Trinajstić information content (AvgIpc) is 2.13. The first kappa shape index (κ1) is 17.5. The normalized spacial score (nSPS) is 9.40. The third-order valence-corrected chi connectivity index (χ3v) is 3.45. The maximum Gasteiger partial charge on any atom is 0.303 e. The van der Waals surface area contributed by atoms with E-state index in [0.29, 0.717) is 24.5 Å². The molecular weight excluding hydrogens is 258 g/mol. The highest BCUT2D eigenvalue weighted by Gasteiger charge is 2.02. The van der Waals surface area contributed by atoms with Crippen molar-refractivity contribution in [1.82, 2.24) is 0 Å². The molecule has 0 rings (SSSR count). The zero-order valence-electron chi connectivity index (χ0n) is 8.31. The van der Waals surface area contributed by atoms with Crippen LogP contribution in [0.4, 0.5) is 4.79 Å². The maximum absolute atomic E-state index is 11.1. The molecule has 0 saturated heterocycles. The van der Waals surface area contributed by atoms with Crippen LogP contribution < -0.4 is 5.73 Å². The third-order valence-electron chi connectivity index (χ3n) is 1.34. The Hall–Kier alpha value is 0.0900. The monoisotopic (exact) mass is 273 g/mol. The number of rotatable bonds is 7. The molecule has 0 fully saturated rings. The number of thioether (sulfide) groups is 2. The number of carboxylic acids is 1. The van der Waals surface area contributed by atoms with Crippen molar-refractivity contribution in [3.63, 3.8) is 0 Å². The van der Waals surface area contributed by atoms with Crippen LogP contribution in [0.5, 0.6) is 0 Å². The van der Waals surface area contributed by atoms with Crippen LogP contribution in [0.25, 0.3) is 0 Å². The smallest absolute Gasteiger partial charge is 0.303 e. The highest BCUT2D eigenvalue weighted by atomic mass is 35.5. The summed E-state index contributed by atoms with van der Waals surface area (Å²) in [6.07, 6.45) is 1.59. The molecule has 15 heavy (non-hydrogen) atoms. The molecule has 0 aliphatic carbocycles. The van der Waals surface area contributed by atoms with Crippen molar-refractivity contribution < 1.29 is 14.7 Å². The Balaban J connectivity index is 0. The lowest BCUT2D eigenvalue weighted by molar-refractivity contribution is -0.137. The minimum atomic E-state index is -0.779. The Morgan fingerprint density at radius 2 is 1.73 bits per heavy atom. The van der Waals surface area contributed by atoms with Crippen molar-refractivity contribution in [1.29, 1.82) is 0 Å². The molecule has 0 atom stereocenters. The predicted octanol–water partition coefficient (Wildman–Crippen LogP) is 2.21. The van der Waals surface area contributed by atoms with Gasteiger partial charge in [-0.3, -0.25) is 9.59 Å². The van der Waals surface area contributed by atoms with E-state index in [4.69, 9.17) is 10.8 Å². The number of halogens is 1. The first-order valence-electron chi connectivity index (χ1n) is 4.38. The third kappa shape index (κ3) is 14.1. The molecule has 3 N–H and O–H groups in total. The van der Waals surface area contributed by atoms with Gasteiger partial charge in [-0.15, -0.1) is 12.4 Å². The summed E-state index contributed by atoms with van der Waals surface area (Å²) < 4.78 is 0.0748. The largest absolute Gasteiger partial charge is 0.481 e. The van der Waals surface area contributed by atoms with E-state index in [2.05, 4.69) is 0 Å². The molecule has 0 aromatic carbocycles. The van der Waals surface area contributed by atoms with Gasteiger partial charge in [0.05, 0.1) is 0 Å². The molecule has 0 heterocycles. The van der Waals surface area contributed by atoms with Crippen LogP contribution in [0.3, 0.4) is 0 Å². The summed E-state index contributed by atoms with van der Waals surface area (Å²) in [4.78, 5) is 21.2. The molecule has 0 aromatic rings. The van der Waals surface area contributed by atoms with Gasteiger partial charge in [-0.05, 0) is 12.8 Å². The minimum absolute atomic E-state index is 0. The number of nitrogens with two attached hydrogens (primary N) is 1. The van der Waals surface area contributed by atoms with Crippen molar-refractivity contribution in [2.24, 2.45) is 5.73 Å². The second-order valence-corrected chi connectivity index (χ2v) is 4.98. The van der Waals surface area contributed by atoms with Gasteiger partial charge in [0.25, 0.3) is 0 Å². The van der Waals surface area contributed by atoms with Gasteiger partial charge in [-0.25, -0.2) is 0 Å². The summed E-state index contributed by atoms with van der Waals surface area (Å²) in [7, 11) is 0. The Bertz CT molecular complexity index is 193. The molecule has 0 aliphatic rings. The van der Waals surface area contributed by atoms with Crippen LogP contribution >= 0.6 is 35.9 Å². The van der Waals surface area contributed by atoms with Gasteiger partial charge in [0, 0.05) is 24.5 Å². The van der Waals surface area contributed by atoms with E-state index >= 15 is 0 Å². The molecule has 0 bridgehead atoms. The van der Waals surface area contributed by atoms with E-state index in [1.165, 1.54) is 23.5 Å². The fourth-order valence-electron chi connectivity index (χ4n) is 0.718. The van der Waals surface area contributed by atoms with E-state index in [1.807, 2.05) is 0 Å². The first-order valence-corrected chi connectivity index (χ1v) is 6.35. The summed E-state index contributed by atoms with van der Waals surface area (Å²) in [5, 5.41) is 8.35. The second-order valence-electron chi connectivity index (χ2n) is 2.59. The summed E-state index contributed by atoms with van der Waals surface area (Å²) in [5.74, 6) is 0.573. The van der Waals surface area contributed by atoms with E-state index in [0.717, 1.165) is 6.42 Å². The quantitative estimate of drug-likeness (QED) is 0.692. The Kier molecular flexibility index (Phi) is 14.2. The lowest BCUT2D eigenvalue weighted by atomic mass is 10.3. The summed E-state index contributed by atoms with van der Waals surface area (Å²) in [6, 6.07) is 0. The van der Waals surface area contributed by atoms with Gasteiger partial charge < -0.3 is 10.8 Å². The molecule has 4 nitrogen and oxygen atoms in total. The average molecular weight is 274 g/mol. The Morgan fingerprint density at radius 3 is 2.27 bits per heavy atom. The number of unbranched alkanes of at least 4 members (excludes halogenated alkanes) is 1. The fraction of sp³-hybridized carbons (Fsp3) is 0.750. The Morgan fingerprint density at radius 1 is 1.13 bits per heavy atom. The first-order chi connectivity index (χ1) is 6.66. The van der Waals surface area contributed by atoms with Gasteiger partial charge in [-0.1, -0.05) is 23.5 Å². The number of carboxylic acid groups (broad SMARTS) is 1. The molecule has 0 aromatic heterocycles. The zero-order valence-corrected chi connectivity index (χ0v) is 10.8. The van der Waals surface area contributed by atoms with Gasteiger partial charge in [0.1, 0.15) is 0 Å². The second kappa shape index (κ2) is 12.2. The summed E-state index contributed by atoms with van der Waals surface area (Å²) >= 11 is 2.47. The minimum Gasteiger partial charge on any atom is -0.481 e. The van der Waals surface area contributed by atoms with Gasteiger partial charge in [0.15, 0.2) is 0 Å².